The first-order valence-corrected chi connectivity index (χ1v) is 10.2. The van der Waals surface area contributed by atoms with Crippen LogP contribution in [0.5, 0.6) is 0 Å². The van der Waals surface area contributed by atoms with E-state index in [1.807, 2.05) is 38.1 Å². The SMILES string of the molecule is Cc1nc2sc3c(NCc4ccc(C(C)(C)O)cc4)ncnc3c2c(C)c1Cl. The van der Waals surface area contributed by atoms with Gasteiger partial charge in [0.2, 0.25) is 0 Å². The van der Waals surface area contributed by atoms with Crippen LogP contribution in [-0.4, -0.2) is 20.1 Å². The molecule has 0 aliphatic rings. The third kappa shape index (κ3) is 3.32. The van der Waals surface area contributed by atoms with E-state index in [2.05, 4.69) is 20.3 Å². The first-order valence-electron chi connectivity index (χ1n) is 9.01. The number of aryl methyl sites for hydroxylation is 2. The summed E-state index contributed by atoms with van der Waals surface area (Å²) in [6, 6.07) is 7.92. The van der Waals surface area contributed by atoms with Gasteiger partial charge in [-0.25, -0.2) is 15.0 Å². The fourth-order valence-electron chi connectivity index (χ4n) is 3.24. The molecular weight excluding hydrogens is 392 g/mol. The quantitative estimate of drug-likeness (QED) is 0.472. The first kappa shape index (κ1) is 19.1. The fourth-order valence-corrected chi connectivity index (χ4v) is 4.58. The molecular formula is C21H21ClN4OS. The van der Waals surface area contributed by atoms with Crippen molar-refractivity contribution in [2.45, 2.75) is 39.8 Å². The van der Waals surface area contributed by atoms with Gasteiger partial charge >= 0.3 is 0 Å². The Kier molecular flexibility index (Phi) is 4.73. The van der Waals surface area contributed by atoms with Gasteiger partial charge in [0.1, 0.15) is 17.0 Å². The summed E-state index contributed by atoms with van der Waals surface area (Å²) in [4.78, 5) is 14.5. The van der Waals surface area contributed by atoms with E-state index < -0.39 is 5.60 Å². The zero-order valence-electron chi connectivity index (χ0n) is 16.2. The summed E-state index contributed by atoms with van der Waals surface area (Å²) >= 11 is 7.98. The summed E-state index contributed by atoms with van der Waals surface area (Å²) in [5, 5.41) is 15.2. The lowest BCUT2D eigenvalue weighted by Crippen LogP contribution is -2.15. The number of fused-ring (bicyclic) bond motifs is 3. The summed E-state index contributed by atoms with van der Waals surface area (Å²) in [5.41, 5.74) is 3.86. The number of halogens is 1. The van der Waals surface area contributed by atoms with E-state index in [4.69, 9.17) is 11.6 Å². The molecule has 7 heteroatoms. The minimum absolute atomic E-state index is 0.624. The Morgan fingerprint density at radius 3 is 2.54 bits per heavy atom. The third-order valence-electron chi connectivity index (χ3n) is 4.86. The van der Waals surface area contributed by atoms with Crippen molar-refractivity contribution >= 4 is 49.2 Å². The van der Waals surface area contributed by atoms with Crippen molar-refractivity contribution in [1.29, 1.82) is 0 Å². The number of thiophene rings is 1. The highest BCUT2D eigenvalue weighted by atomic mass is 35.5. The Morgan fingerprint density at radius 2 is 1.86 bits per heavy atom. The van der Waals surface area contributed by atoms with E-state index in [0.29, 0.717) is 11.6 Å². The summed E-state index contributed by atoms with van der Waals surface area (Å²) < 4.78 is 0.975. The minimum atomic E-state index is -0.841. The number of aromatic nitrogens is 3. The van der Waals surface area contributed by atoms with Crippen LogP contribution in [-0.2, 0) is 12.1 Å². The number of hydrogen-bond acceptors (Lipinski definition) is 6. The smallest absolute Gasteiger partial charge is 0.147 e. The van der Waals surface area contributed by atoms with Gasteiger partial charge in [-0.2, -0.15) is 0 Å². The molecule has 3 aromatic heterocycles. The Morgan fingerprint density at radius 1 is 1.14 bits per heavy atom. The molecule has 0 bridgehead atoms. The van der Waals surface area contributed by atoms with E-state index in [0.717, 1.165) is 48.6 Å². The number of nitrogens with one attached hydrogen (secondary N) is 1. The monoisotopic (exact) mass is 412 g/mol. The molecule has 4 rings (SSSR count). The molecule has 0 fully saturated rings. The number of aliphatic hydroxyl groups is 1. The van der Waals surface area contributed by atoms with Crippen LogP contribution in [0.3, 0.4) is 0 Å². The van der Waals surface area contributed by atoms with Crippen molar-refractivity contribution in [3.8, 4) is 0 Å². The van der Waals surface area contributed by atoms with Crippen LogP contribution >= 0.6 is 22.9 Å². The third-order valence-corrected chi connectivity index (χ3v) is 6.50. The highest BCUT2D eigenvalue weighted by molar-refractivity contribution is 7.26. The van der Waals surface area contributed by atoms with Crippen LogP contribution in [0.2, 0.25) is 5.02 Å². The molecule has 28 heavy (non-hydrogen) atoms. The second-order valence-electron chi connectivity index (χ2n) is 7.43. The molecule has 0 aliphatic carbocycles. The molecule has 0 radical (unpaired) electrons. The second kappa shape index (κ2) is 6.95. The highest BCUT2D eigenvalue weighted by Gasteiger charge is 2.18. The average Bonchev–Trinajstić information content (AvgIpc) is 3.03. The summed E-state index contributed by atoms with van der Waals surface area (Å²) in [7, 11) is 0. The summed E-state index contributed by atoms with van der Waals surface area (Å²) in [6.45, 7) is 8.11. The lowest BCUT2D eigenvalue weighted by atomic mass is 9.97. The van der Waals surface area contributed by atoms with Gasteiger partial charge in [-0.05, 0) is 44.4 Å². The standard InChI is InChI=1S/C21H21ClN4OS/c1-11-15-17-18(28-20(15)26-12(2)16(11)22)19(25-10-24-17)23-9-13-5-7-14(8-6-13)21(3,4)27/h5-8,10,27H,9H2,1-4H3,(H,23,24,25). The van der Waals surface area contributed by atoms with Gasteiger partial charge in [0.15, 0.2) is 0 Å². The van der Waals surface area contributed by atoms with E-state index in [-0.39, 0.29) is 0 Å². The predicted molar refractivity (Wildman–Crippen MR) is 116 cm³/mol. The molecule has 5 nitrogen and oxygen atoms in total. The number of hydrogen-bond donors (Lipinski definition) is 2. The fraction of sp³-hybridized carbons (Fsp3) is 0.286. The van der Waals surface area contributed by atoms with E-state index in [9.17, 15) is 5.11 Å². The molecule has 0 aliphatic heterocycles. The Balaban J connectivity index is 1.68. The zero-order valence-corrected chi connectivity index (χ0v) is 17.7. The molecule has 4 aromatic rings. The van der Waals surface area contributed by atoms with Gasteiger partial charge in [0.05, 0.1) is 26.5 Å². The average molecular weight is 413 g/mol. The van der Waals surface area contributed by atoms with Crippen LogP contribution in [0, 0.1) is 13.8 Å². The summed E-state index contributed by atoms with van der Waals surface area (Å²) in [5.74, 6) is 0.785. The predicted octanol–water partition coefficient (Wildman–Crippen LogP) is 5.35. The zero-order chi connectivity index (χ0) is 20.1. The summed E-state index contributed by atoms with van der Waals surface area (Å²) in [6.07, 6.45) is 1.57. The lowest BCUT2D eigenvalue weighted by molar-refractivity contribution is 0.0786. The van der Waals surface area contributed by atoms with E-state index in [1.165, 1.54) is 0 Å². The number of anilines is 1. The van der Waals surface area contributed by atoms with Gasteiger partial charge in [0.25, 0.3) is 0 Å². The molecule has 2 N–H and O–H groups in total. The molecule has 1 aromatic carbocycles. The minimum Gasteiger partial charge on any atom is -0.386 e. The molecule has 144 valence electrons. The maximum atomic E-state index is 10.1. The second-order valence-corrected chi connectivity index (χ2v) is 8.80. The number of nitrogens with zero attached hydrogens (tertiary/aromatic N) is 3. The first-order chi connectivity index (χ1) is 13.3. The van der Waals surface area contributed by atoms with E-state index >= 15 is 0 Å². The molecule has 0 spiro atoms. The van der Waals surface area contributed by atoms with Crippen LogP contribution in [0.15, 0.2) is 30.6 Å². The number of benzene rings is 1. The molecule has 0 saturated carbocycles. The van der Waals surface area contributed by atoms with Gasteiger partial charge in [0, 0.05) is 11.9 Å². The van der Waals surface area contributed by atoms with Gasteiger partial charge in [-0.1, -0.05) is 35.9 Å². The molecule has 0 saturated heterocycles. The Hall–Kier alpha value is -2.28. The molecule has 3 heterocycles. The lowest BCUT2D eigenvalue weighted by Gasteiger charge is -2.18. The van der Waals surface area contributed by atoms with Crippen molar-refractivity contribution in [2.24, 2.45) is 0 Å². The van der Waals surface area contributed by atoms with Crippen LogP contribution in [0.4, 0.5) is 5.82 Å². The molecule has 0 amide bonds. The Labute approximate surface area is 172 Å². The van der Waals surface area contributed by atoms with Crippen LogP contribution in [0.1, 0.15) is 36.2 Å². The Bertz CT molecular complexity index is 1180. The maximum absolute atomic E-state index is 10.1. The van der Waals surface area contributed by atoms with Crippen molar-refractivity contribution in [1.82, 2.24) is 15.0 Å². The molecule has 0 unspecified atom stereocenters. The van der Waals surface area contributed by atoms with E-state index in [1.54, 1.807) is 31.5 Å². The largest absolute Gasteiger partial charge is 0.386 e. The normalized spacial score (nSPS) is 12.1. The molecule has 0 atom stereocenters. The van der Waals surface area contributed by atoms with Crippen molar-refractivity contribution in [3.63, 3.8) is 0 Å². The van der Waals surface area contributed by atoms with Crippen molar-refractivity contribution < 1.29 is 5.11 Å². The van der Waals surface area contributed by atoms with Crippen LogP contribution < -0.4 is 5.32 Å². The van der Waals surface area contributed by atoms with Crippen molar-refractivity contribution in [2.75, 3.05) is 5.32 Å². The van der Waals surface area contributed by atoms with Crippen molar-refractivity contribution in [3.05, 3.63) is 58.0 Å². The van der Waals surface area contributed by atoms with Gasteiger partial charge in [-0.15, -0.1) is 11.3 Å². The maximum Gasteiger partial charge on any atom is 0.147 e. The van der Waals surface area contributed by atoms with Gasteiger partial charge < -0.3 is 10.4 Å². The number of pyridine rings is 1. The van der Waals surface area contributed by atoms with Gasteiger partial charge in [-0.3, -0.25) is 0 Å². The van der Waals surface area contributed by atoms with Crippen LogP contribution in [0.25, 0.3) is 20.4 Å². The topological polar surface area (TPSA) is 70.9 Å². The number of rotatable bonds is 4. The highest BCUT2D eigenvalue weighted by Crippen LogP contribution is 2.39.